The number of hydrogen-bond donors (Lipinski definition) is 1. The number of rotatable bonds is 4. The van der Waals surface area contributed by atoms with Gasteiger partial charge in [-0.05, 0) is 23.8 Å². The molecule has 1 aliphatic heterocycles. The van der Waals surface area contributed by atoms with E-state index in [0.717, 1.165) is 5.56 Å². The van der Waals surface area contributed by atoms with Crippen molar-refractivity contribution in [3.63, 3.8) is 0 Å². The molecule has 6 nitrogen and oxygen atoms in total. The number of piperazine rings is 1. The van der Waals surface area contributed by atoms with Crippen LogP contribution in [0.1, 0.15) is 11.6 Å². The molecule has 1 fully saturated rings. The molecule has 0 aliphatic carbocycles. The van der Waals surface area contributed by atoms with Crippen molar-refractivity contribution in [2.24, 2.45) is 0 Å². The van der Waals surface area contributed by atoms with Crippen LogP contribution in [0, 0.1) is 0 Å². The third kappa shape index (κ3) is 4.07. The number of nitrogens with zero attached hydrogens (tertiary/aromatic N) is 2. The van der Waals surface area contributed by atoms with E-state index in [0.29, 0.717) is 25.4 Å². The topological polar surface area (TPSA) is 71.5 Å². The van der Waals surface area contributed by atoms with E-state index in [-0.39, 0.29) is 28.4 Å². The Morgan fingerprint density at radius 1 is 1.36 bits per heavy atom. The maximum Gasteiger partial charge on any atom is 0.245 e. The smallest absolute Gasteiger partial charge is 0.245 e. The van der Waals surface area contributed by atoms with Gasteiger partial charge in [-0.15, -0.1) is 12.4 Å². The summed E-state index contributed by atoms with van der Waals surface area (Å²) in [5.41, 5.74) is 0.840. The Bertz CT molecular complexity index is 819. The second-order valence-corrected chi connectivity index (χ2v) is 7.68. The van der Waals surface area contributed by atoms with Gasteiger partial charge in [0.15, 0.2) is 0 Å². The van der Waals surface area contributed by atoms with Crippen molar-refractivity contribution in [3.05, 3.63) is 53.3 Å². The van der Waals surface area contributed by atoms with Crippen LogP contribution in [0.15, 0.2) is 47.6 Å². The monoisotopic (exact) mass is 403 g/mol. The SMILES string of the molecule is COc1ccc(Cl)c(S(=O)(=O)N2CCNCC2c2cccnc2)c1.Cl. The van der Waals surface area contributed by atoms with E-state index >= 15 is 0 Å². The quantitative estimate of drug-likeness (QED) is 0.848. The van der Waals surface area contributed by atoms with E-state index in [1.807, 2.05) is 6.07 Å². The van der Waals surface area contributed by atoms with Gasteiger partial charge in [-0.3, -0.25) is 4.98 Å². The number of nitrogens with one attached hydrogen (secondary N) is 1. The summed E-state index contributed by atoms with van der Waals surface area (Å²) in [4.78, 5) is 4.15. The predicted octanol–water partition coefficient (Wildman–Crippen LogP) is 2.50. The van der Waals surface area contributed by atoms with Crippen molar-refractivity contribution in [1.29, 1.82) is 0 Å². The summed E-state index contributed by atoms with van der Waals surface area (Å²) in [6, 6.07) is 7.97. The third-order valence-electron chi connectivity index (χ3n) is 3.99. The van der Waals surface area contributed by atoms with Crippen LogP contribution in [-0.4, -0.2) is 44.5 Å². The first-order chi connectivity index (χ1) is 11.5. The van der Waals surface area contributed by atoms with Gasteiger partial charge in [0.25, 0.3) is 0 Å². The van der Waals surface area contributed by atoms with Gasteiger partial charge in [-0.2, -0.15) is 4.31 Å². The van der Waals surface area contributed by atoms with Gasteiger partial charge < -0.3 is 10.1 Å². The summed E-state index contributed by atoms with van der Waals surface area (Å²) in [5.74, 6) is 0.450. The lowest BCUT2D eigenvalue weighted by atomic mass is 10.1. The second-order valence-electron chi connectivity index (χ2n) is 5.42. The first-order valence-electron chi connectivity index (χ1n) is 7.50. The number of hydrogen-bond acceptors (Lipinski definition) is 5. The Labute approximate surface area is 158 Å². The second kappa shape index (κ2) is 8.33. The van der Waals surface area contributed by atoms with Crippen LogP contribution in [0.3, 0.4) is 0 Å². The number of sulfonamides is 1. The van der Waals surface area contributed by atoms with Crippen LogP contribution in [-0.2, 0) is 10.0 Å². The highest BCUT2D eigenvalue weighted by molar-refractivity contribution is 7.89. The molecular weight excluding hydrogens is 385 g/mol. The maximum absolute atomic E-state index is 13.2. The summed E-state index contributed by atoms with van der Waals surface area (Å²) >= 11 is 6.16. The molecule has 0 amide bonds. The molecule has 1 atom stereocenters. The van der Waals surface area contributed by atoms with E-state index < -0.39 is 10.0 Å². The number of benzene rings is 1. The fourth-order valence-corrected chi connectivity index (χ4v) is 4.87. The molecule has 9 heteroatoms. The van der Waals surface area contributed by atoms with Crippen molar-refractivity contribution >= 4 is 34.0 Å². The minimum absolute atomic E-state index is 0. The van der Waals surface area contributed by atoms with Crippen LogP contribution in [0.25, 0.3) is 0 Å². The molecule has 1 N–H and O–H groups in total. The molecule has 0 saturated carbocycles. The minimum atomic E-state index is -3.77. The summed E-state index contributed by atoms with van der Waals surface area (Å²) in [7, 11) is -2.28. The average Bonchev–Trinajstić information content (AvgIpc) is 2.63. The van der Waals surface area contributed by atoms with Gasteiger partial charge >= 0.3 is 0 Å². The highest BCUT2D eigenvalue weighted by atomic mass is 35.5. The summed E-state index contributed by atoms with van der Waals surface area (Å²) < 4.78 is 33.0. The normalized spacial score (nSPS) is 18.4. The Hall–Kier alpha value is -1.38. The molecule has 2 aromatic rings. The van der Waals surface area contributed by atoms with Crippen molar-refractivity contribution in [1.82, 2.24) is 14.6 Å². The van der Waals surface area contributed by atoms with E-state index in [1.165, 1.54) is 23.5 Å². The minimum Gasteiger partial charge on any atom is -0.497 e. The molecule has 1 aromatic carbocycles. The molecule has 1 aliphatic rings. The summed E-state index contributed by atoms with van der Waals surface area (Å²) in [6.45, 7) is 1.46. The van der Waals surface area contributed by atoms with Gasteiger partial charge in [-0.1, -0.05) is 17.7 Å². The van der Waals surface area contributed by atoms with Gasteiger partial charge in [0, 0.05) is 38.1 Å². The molecule has 1 saturated heterocycles. The lowest BCUT2D eigenvalue weighted by Gasteiger charge is -2.35. The lowest BCUT2D eigenvalue weighted by molar-refractivity contribution is 0.271. The number of pyridine rings is 1. The zero-order valence-corrected chi connectivity index (χ0v) is 15.9. The number of methoxy groups -OCH3 is 1. The van der Waals surface area contributed by atoms with Crippen molar-refractivity contribution < 1.29 is 13.2 Å². The summed E-state index contributed by atoms with van der Waals surface area (Å²) in [5, 5.41) is 3.41. The highest BCUT2D eigenvalue weighted by Crippen LogP contribution is 2.33. The molecule has 25 heavy (non-hydrogen) atoms. The predicted molar refractivity (Wildman–Crippen MR) is 99.0 cm³/mol. The van der Waals surface area contributed by atoms with E-state index in [4.69, 9.17) is 16.3 Å². The van der Waals surface area contributed by atoms with E-state index in [9.17, 15) is 8.42 Å². The molecule has 3 rings (SSSR count). The Kier molecular flexibility index (Phi) is 6.65. The molecular formula is C16H19Cl2N3O3S. The van der Waals surface area contributed by atoms with Crippen molar-refractivity contribution in [2.75, 3.05) is 26.7 Å². The fraction of sp³-hybridized carbons (Fsp3) is 0.312. The molecule has 0 bridgehead atoms. The summed E-state index contributed by atoms with van der Waals surface area (Å²) in [6.07, 6.45) is 3.35. The standard InChI is InChI=1S/C16H18ClN3O3S.ClH/c1-23-13-4-5-14(17)16(9-13)24(21,22)20-8-7-19-11-15(20)12-3-2-6-18-10-12;/h2-6,9-10,15,19H,7-8,11H2,1H3;1H. The Morgan fingerprint density at radius 2 is 2.16 bits per heavy atom. The first-order valence-corrected chi connectivity index (χ1v) is 9.32. The van der Waals surface area contributed by atoms with Crippen LogP contribution in [0.4, 0.5) is 0 Å². The van der Waals surface area contributed by atoms with Crippen LogP contribution >= 0.6 is 24.0 Å². The van der Waals surface area contributed by atoms with Crippen LogP contribution in [0.5, 0.6) is 5.75 Å². The van der Waals surface area contributed by atoms with E-state index in [1.54, 1.807) is 24.5 Å². The van der Waals surface area contributed by atoms with Gasteiger partial charge in [0.05, 0.1) is 18.2 Å². The van der Waals surface area contributed by atoms with Gasteiger partial charge in [-0.25, -0.2) is 8.42 Å². The molecule has 136 valence electrons. The number of aromatic nitrogens is 1. The largest absolute Gasteiger partial charge is 0.497 e. The Morgan fingerprint density at radius 3 is 2.84 bits per heavy atom. The molecule has 0 spiro atoms. The molecule has 1 aromatic heterocycles. The fourth-order valence-electron chi connectivity index (χ4n) is 2.77. The Balaban J connectivity index is 0.00000225. The number of ether oxygens (including phenoxy) is 1. The van der Waals surface area contributed by atoms with Crippen molar-refractivity contribution in [3.8, 4) is 5.75 Å². The first kappa shape index (κ1) is 19.9. The third-order valence-corrected chi connectivity index (χ3v) is 6.38. The van der Waals surface area contributed by atoms with Crippen LogP contribution in [0.2, 0.25) is 5.02 Å². The lowest BCUT2D eigenvalue weighted by Crippen LogP contribution is -2.48. The maximum atomic E-state index is 13.2. The zero-order valence-electron chi connectivity index (χ0n) is 13.6. The number of halogens is 2. The average molecular weight is 404 g/mol. The molecule has 0 radical (unpaired) electrons. The van der Waals surface area contributed by atoms with Crippen LogP contribution < -0.4 is 10.1 Å². The zero-order chi connectivity index (χ0) is 17.2. The molecule has 1 unspecified atom stereocenters. The van der Waals surface area contributed by atoms with Gasteiger partial charge in [0.1, 0.15) is 10.6 Å². The highest BCUT2D eigenvalue weighted by Gasteiger charge is 2.35. The van der Waals surface area contributed by atoms with Crippen molar-refractivity contribution in [2.45, 2.75) is 10.9 Å². The van der Waals surface area contributed by atoms with Gasteiger partial charge in [0.2, 0.25) is 10.0 Å². The molecule has 2 heterocycles. The van der Waals surface area contributed by atoms with E-state index in [2.05, 4.69) is 10.3 Å².